The molecule has 2 amide bonds. The maximum atomic E-state index is 12.6. The summed E-state index contributed by atoms with van der Waals surface area (Å²) in [6, 6.07) is 7.64. The van der Waals surface area contributed by atoms with E-state index in [4.69, 9.17) is 0 Å². The standard InChI is InChI=1S/C22H32N2O2/c1-15-6-10-19(11-7-15)23-21(25)17-4-3-5-18(14-17)22(26)24-20-12-8-16(2)9-13-20/h3-5,14-16,19-20H,6-13H2,1-2H3,(H,23,25)(H,24,26). The number of amides is 2. The van der Waals surface area contributed by atoms with Gasteiger partial charge in [-0.15, -0.1) is 0 Å². The molecule has 1 aromatic carbocycles. The maximum absolute atomic E-state index is 12.6. The zero-order valence-corrected chi connectivity index (χ0v) is 16.1. The second-order valence-electron chi connectivity index (χ2n) is 8.44. The van der Waals surface area contributed by atoms with Gasteiger partial charge in [-0.2, -0.15) is 0 Å². The Kier molecular flexibility index (Phi) is 6.33. The van der Waals surface area contributed by atoms with E-state index in [-0.39, 0.29) is 23.9 Å². The molecule has 2 aliphatic rings. The average molecular weight is 357 g/mol. The monoisotopic (exact) mass is 356 g/mol. The highest BCUT2D eigenvalue weighted by Crippen LogP contribution is 2.24. The van der Waals surface area contributed by atoms with Crippen LogP contribution < -0.4 is 10.6 Å². The van der Waals surface area contributed by atoms with Crippen molar-refractivity contribution in [2.45, 2.75) is 77.3 Å². The van der Waals surface area contributed by atoms with Crippen LogP contribution in [0.2, 0.25) is 0 Å². The summed E-state index contributed by atoms with van der Waals surface area (Å²) in [5.41, 5.74) is 1.15. The van der Waals surface area contributed by atoms with E-state index in [1.165, 1.54) is 25.7 Å². The van der Waals surface area contributed by atoms with Crippen LogP contribution in [0.5, 0.6) is 0 Å². The SMILES string of the molecule is CC1CCC(NC(=O)c2cccc(C(=O)NC3CCC(C)CC3)c2)CC1. The molecule has 0 bridgehead atoms. The van der Waals surface area contributed by atoms with Gasteiger partial charge in [0.25, 0.3) is 11.8 Å². The lowest BCUT2D eigenvalue weighted by Crippen LogP contribution is -2.38. The molecule has 26 heavy (non-hydrogen) atoms. The summed E-state index contributed by atoms with van der Waals surface area (Å²) in [6.07, 6.45) is 8.89. The third-order valence-electron chi connectivity index (χ3n) is 6.09. The average Bonchev–Trinajstić information content (AvgIpc) is 2.65. The van der Waals surface area contributed by atoms with Crippen molar-refractivity contribution in [3.8, 4) is 0 Å². The molecule has 0 aromatic heterocycles. The Morgan fingerprint density at radius 1 is 0.731 bits per heavy atom. The second-order valence-corrected chi connectivity index (χ2v) is 8.44. The predicted molar refractivity (Wildman–Crippen MR) is 104 cm³/mol. The molecular formula is C22H32N2O2. The highest BCUT2D eigenvalue weighted by Gasteiger charge is 2.22. The summed E-state index contributed by atoms with van der Waals surface area (Å²) < 4.78 is 0. The van der Waals surface area contributed by atoms with Crippen molar-refractivity contribution in [1.29, 1.82) is 0 Å². The number of hydrogen-bond donors (Lipinski definition) is 2. The molecule has 0 saturated heterocycles. The summed E-state index contributed by atoms with van der Waals surface area (Å²) >= 11 is 0. The van der Waals surface area contributed by atoms with Crippen LogP contribution in [-0.4, -0.2) is 23.9 Å². The van der Waals surface area contributed by atoms with E-state index >= 15 is 0 Å². The van der Waals surface area contributed by atoms with Gasteiger partial charge in [0.2, 0.25) is 0 Å². The molecule has 2 saturated carbocycles. The molecule has 2 aliphatic carbocycles. The topological polar surface area (TPSA) is 58.2 Å². The van der Waals surface area contributed by atoms with Gasteiger partial charge in [-0.25, -0.2) is 0 Å². The molecule has 4 heteroatoms. The van der Waals surface area contributed by atoms with Crippen LogP contribution in [0.1, 0.15) is 85.9 Å². The van der Waals surface area contributed by atoms with Crippen LogP contribution in [0.15, 0.2) is 24.3 Å². The van der Waals surface area contributed by atoms with Gasteiger partial charge in [-0.3, -0.25) is 9.59 Å². The van der Waals surface area contributed by atoms with Gasteiger partial charge in [0.05, 0.1) is 0 Å². The molecule has 3 rings (SSSR count). The minimum Gasteiger partial charge on any atom is -0.349 e. The molecule has 1 aromatic rings. The molecule has 2 N–H and O–H groups in total. The molecule has 0 unspecified atom stereocenters. The summed E-state index contributed by atoms with van der Waals surface area (Å²) in [7, 11) is 0. The van der Waals surface area contributed by atoms with E-state index < -0.39 is 0 Å². The van der Waals surface area contributed by atoms with Crippen molar-refractivity contribution in [2.75, 3.05) is 0 Å². The normalized spacial score (nSPS) is 29.0. The summed E-state index contributed by atoms with van der Waals surface area (Å²) in [4.78, 5) is 25.1. The number of nitrogens with one attached hydrogen (secondary N) is 2. The van der Waals surface area contributed by atoms with Gasteiger partial charge in [0.1, 0.15) is 0 Å². The fourth-order valence-electron chi connectivity index (χ4n) is 4.15. The first-order valence-electron chi connectivity index (χ1n) is 10.2. The van der Waals surface area contributed by atoms with Crippen LogP contribution in [0, 0.1) is 11.8 Å². The van der Waals surface area contributed by atoms with Crippen molar-refractivity contribution >= 4 is 11.8 Å². The van der Waals surface area contributed by atoms with Crippen LogP contribution in [0.4, 0.5) is 0 Å². The first-order valence-corrected chi connectivity index (χ1v) is 10.2. The van der Waals surface area contributed by atoms with E-state index in [2.05, 4.69) is 24.5 Å². The van der Waals surface area contributed by atoms with Crippen LogP contribution in [0.3, 0.4) is 0 Å². The van der Waals surface area contributed by atoms with Gasteiger partial charge in [-0.1, -0.05) is 19.9 Å². The predicted octanol–water partition coefficient (Wildman–Crippen LogP) is 4.30. The van der Waals surface area contributed by atoms with E-state index in [1.54, 1.807) is 24.3 Å². The Labute approximate surface area is 157 Å². The largest absolute Gasteiger partial charge is 0.349 e. The molecule has 4 nitrogen and oxygen atoms in total. The van der Waals surface area contributed by atoms with Crippen molar-refractivity contribution in [3.63, 3.8) is 0 Å². The van der Waals surface area contributed by atoms with Crippen molar-refractivity contribution < 1.29 is 9.59 Å². The van der Waals surface area contributed by atoms with Crippen molar-refractivity contribution in [1.82, 2.24) is 10.6 Å². The summed E-state index contributed by atoms with van der Waals surface area (Å²) in [6.45, 7) is 4.54. The molecular weight excluding hydrogens is 324 g/mol. The van der Waals surface area contributed by atoms with Gasteiger partial charge < -0.3 is 10.6 Å². The Hall–Kier alpha value is -1.84. The van der Waals surface area contributed by atoms with Crippen LogP contribution in [0.25, 0.3) is 0 Å². The summed E-state index contributed by atoms with van der Waals surface area (Å²) in [5, 5.41) is 6.27. The second kappa shape index (κ2) is 8.70. The molecule has 142 valence electrons. The molecule has 2 fully saturated rings. The van der Waals surface area contributed by atoms with E-state index in [0.717, 1.165) is 37.5 Å². The Balaban J connectivity index is 1.56. The lowest BCUT2D eigenvalue weighted by molar-refractivity contribution is 0.0922. The molecule has 0 heterocycles. The number of carbonyl (C=O) groups excluding carboxylic acids is 2. The van der Waals surface area contributed by atoms with Gasteiger partial charge >= 0.3 is 0 Å². The smallest absolute Gasteiger partial charge is 0.251 e. The van der Waals surface area contributed by atoms with Crippen molar-refractivity contribution in [2.24, 2.45) is 11.8 Å². The molecule has 0 atom stereocenters. The van der Waals surface area contributed by atoms with E-state index in [1.807, 2.05) is 0 Å². The zero-order valence-electron chi connectivity index (χ0n) is 16.1. The Morgan fingerprint density at radius 2 is 1.12 bits per heavy atom. The van der Waals surface area contributed by atoms with Crippen LogP contribution >= 0.6 is 0 Å². The van der Waals surface area contributed by atoms with E-state index in [9.17, 15) is 9.59 Å². The molecule has 0 radical (unpaired) electrons. The highest BCUT2D eigenvalue weighted by atomic mass is 16.2. The number of rotatable bonds is 4. The van der Waals surface area contributed by atoms with E-state index in [0.29, 0.717) is 11.1 Å². The van der Waals surface area contributed by atoms with Gasteiger partial charge in [0, 0.05) is 23.2 Å². The number of hydrogen-bond acceptors (Lipinski definition) is 2. The minimum absolute atomic E-state index is 0.0642. The maximum Gasteiger partial charge on any atom is 0.251 e. The van der Waals surface area contributed by atoms with Gasteiger partial charge in [0.15, 0.2) is 0 Å². The third-order valence-corrected chi connectivity index (χ3v) is 6.09. The Bertz CT molecular complexity index is 576. The number of carbonyl (C=O) groups is 2. The lowest BCUT2D eigenvalue weighted by atomic mass is 9.87. The molecule has 0 aliphatic heterocycles. The first-order chi connectivity index (χ1) is 12.5. The fraction of sp³-hybridized carbons (Fsp3) is 0.636. The first kappa shape index (κ1) is 18.9. The number of benzene rings is 1. The highest BCUT2D eigenvalue weighted by molar-refractivity contribution is 5.99. The third kappa shape index (κ3) is 5.09. The quantitative estimate of drug-likeness (QED) is 0.845. The van der Waals surface area contributed by atoms with Crippen molar-refractivity contribution in [3.05, 3.63) is 35.4 Å². The fourth-order valence-corrected chi connectivity index (χ4v) is 4.15. The lowest BCUT2D eigenvalue weighted by Gasteiger charge is -2.27. The van der Waals surface area contributed by atoms with Gasteiger partial charge in [-0.05, 0) is 81.4 Å². The zero-order chi connectivity index (χ0) is 18.5. The molecule has 0 spiro atoms. The minimum atomic E-state index is -0.0642. The summed E-state index contributed by atoms with van der Waals surface area (Å²) in [5.74, 6) is 1.40. The Morgan fingerprint density at radius 3 is 1.50 bits per heavy atom. The van der Waals surface area contributed by atoms with Crippen LogP contribution in [-0.2, 0) is 0 Å².